The van der Waals surface area contributed by atoms with Crippen LogP contribution in [0, 0.1) is 42.4 Å². The molecule has 3 fully saturated rings. The van der Waals surface area contributed by atoms with Gasteiger partial charge >= 0.3 is 5.97 Å². The molecule has 7 atom stereocenters. The number of nitrogens with zero attached hydrogens (tertiary/aromatic N) is 2. The van der Waals surface area contributed by atoms with Crippen molar-refractivity contribution in [1.82, 2.24) is 10.6 Å². The number of aliphatic hydroxyl groups is 3. The molecule has 3 saturated carbocycles. The Bertz CT molecular complexity index is 2840. The summed E-state index contributed by atoms with van der Waals surface area (Å²) < 4.78 is 47.6. The molecule has 17 nitrogen and oxygen atoms in total. The number of nitrogens with one attached hydrogen (secondary N) is 2. The van der Waals surface area contributed by atoms with Gasteiger partial charge in [-0.05, 0) is 123 Å². The number of benzene rings is 3. The summed E-state index contributed by atoms with van der Waals surface area (Å²) in [6, 6.07) is 17.7. The molecule has 71 heavy (non-hydrogen) atoms. The van der Waals surface area contributed by atoms with Crippen molar-refractivity contribution in [2.24, 2.45) is 33.7 Å². The number of ether oxygens (including phenoxy) is 2. The van der Waals surface area contributed by atoms with Crippen molar-refractivity contribution >= 4 is 61.2 Å². The molecule has 0 bridgehead atoms. The maximum atomic E-state index is 14.1. The number of pyridine rings is 1. The summed E-state index contributed by atoms with van der Waals surface area (Å²) in [5.41, 5.74) is 2.39. The van der Waals surface area contributed by atoms with E-state index in [9.17, 15) is 47.5 Å². The number of aromatic nitrogens is 1. The van der Waals surface area contributed by atoms with Gasteiger partial charge in [0.05, 0.1) is 51.5 Å². The van der Waals surface area contributed by atoms with Gasteiger partial charge in [0.25, 0.3) is 11.8 Å². The van der Waals surface area contributed by atoms with E-state index in [2.05, 4.69) is 22.7 Å². The number of oxime groups is 1. The predicted octanol–water partition coefficient (Wildman–Crippen LogP) is 4.51. The molecule has 4 aromatic rings. The molecule has 4 aliphatic rings. The largest absolute Gasteiger partial charge is 0.748 e. The highest BCUT2D eigenvalue weighted by Gasteiger charge is 2.68. The number of aliphatic hydroxyl groups excluding tert-OH is 2. The van der Waals surface area contributed by atoms with Gasteiger partial charge < -0.3 is 44.8 Å². The van der Waals surface area contributed by atoms with Crippen LogP contribution in [0.15, 0.2) is 77.5 Å². The van der Waals surface area contributed by atoms with E-state index in [0.29, 0.717) is 75.5 Å². The van der Waals surface area contributed by atoms with Crippen molar-refractivity contribution < 1.29 is 66.3 Å². The summed E-state index contributed by atoms with van der Waals surface area (Å²) in [6.07, 6.45) is 5.67. The third-order valence-electron chi connectivity index (χ3n) is 16.0. The molecule has 7 unspecified atom stereocenters. The lowest BCUT2D eigenvalue weighted by Crippen LogP contribution is -2.62. The zero-order valence-electron chi connectivity index (χ0n) is 40.7. The number of ketones is 1. The van der Waals surface area contributed by atoms with Crippen molar-refractivity contribution in [3.8, 4) is 5.75 Å². The van der Waals surface area contributed by atoms with Crippen LogP contribution in [0.1, 0.15) is 97.1 Å². The topological polar surface area (TPSA) is 254 Å². The minimum absolute atomic E-state index is 0.0314. The molecule has 1 heterocycles. The van der Waals surface area contributed by atoms with Crippen LogP contribution in [0.5, 0.6) is 5.75 Å². The van der Waals surface area contributed by atoms with E-state index in [0.717, 1.165) is 25.0 Å². The second-order valence-electron chi connectivity index (χ2n) is 20.2. The number of hydrogen-bond acceptors (Lipinski definition) is 14. The van der Waals surface area contributed by atoms with Gasteiger partial charge in [-0.25, -0.2) is 13.2 Å². The lowest BCUT2D eigenvalue weighted by Gasteiger charge is -2.60. The van der Waals surface area contributed by atoms with Crippen molar-refractivity contribution in [2.75, 3.05) is 45.3 Å². The number of carbonyl (C=O) groups is 4. The SMILES string of the molecule is Cc1cc(C(=O)NCCOCCNC(=O)CO/N=C2/C=C3CCC4C(C(O)CC5(C)C4CCC5(O)C(=O)CO)C3(C)CC2)cc(C)c1OC(=O)c1c2ccccc2[n+](CCCS(=O)(=O)[O-])c2ccccc12. The minimum atomic E-state index is -4.40. The number of hydrogen-bond donors (Lipinski definition) is 5. The molecule has 0 aliphatic heterocycles. The predicted molar refractivity (Wildman–Crippen MR) is 261 cm³/mol. The van der Waals surface area contributed by atoms with Crippen molar-refractivity contribution in [1.29, 1.82) is 0 Å². The van der Waals surface area contributed by atoms with Crippen LogP contribution in [0.4, 0.5) is 0 Å². The quantitative estimate of drug-likeness (QED) is 0.0175. The Hall–Kier alpha value is -5.63. The number of carbonyl (C=O) groups excluding carboxylic acids is 4. The van der Waals surface area contributed by atoms with Crippen molar-refractivity contribution in [3.63, 3.8) is 0 Å². The second kappa shape index (κ2) is 20.8. The summed E-state index contributed by atoms with van der Waals surface area (Å²) in [4.78, 5) is 57.9. The fourth-order valence-corrected chi connectivity index (χ4v) is 13.1. The molecule has 0 saturated heterocycles. The van der Waals surface area contributed by atoms with Gasteiger partial charge in [0.15, 0.2) is 18.9 Å². The first-order chi connectivity index (χ1) is 33.8. The molecule has 0 radical (unpaired) electrons. The number of aryl methyl sites for hydroxylation is 3. The highest BCUT2D eigenvalue weighted by atomic mass is 32.2. The Morgan fingerprint density at radius 1 is 0.915 bits per heavy atom. The average molecular weight is 997 g/mol. The summed E-state index contributed by atoms with van der Waals surface area (Å²) in [7, 11) is -4.40. The molecule has 18 heteroatoms. The lowest BCUT2D eigenvalue weighted by atomic mass is 9.45. The number of rotatable bonds is 18. The van der Waals surface area contributed by atoms with Crippen LogP contribution in [0.3, 0.4) is 0 Å². The summed E-state index contributed by atoms with van der Waals surface area (Å²) in [5.74, 6) is -1.91. The van der Waals surface area contributed by atoms with Gasteiger partial charge in [-0.3, -0.25) is 14.4 Å². The van der Waals surface area contributed by atoms with E-state index in [1.807, 2.05) is 41.8 Å². The van der Waals surface area contributed by atoms with Gasteiger partial charge in [-0.1, -0.05) is 48.8 Å². The van der Waals surface area contributed by atoms with Crippen LogP contribution in [-0.2, 0) is 35.8 Å². The normalized spacial score (nSPS) is 26.5. The zero-order valence-corrected chi connectivity index (χ0v) is 41.5. The van der Waals surface area contributed by atoms with Gasteiger partial charge in [0, 0.05) is 48.4 Å². The van der Waals surface area contributed by atoms with Crippen LogP contribution < -0.4 is 19.9 Å². The third-order valence-corrected chi connectivity index (χ3v) is 16.8. The van der Waals surface area contributed by atoms with Crippen LogP contribution >= 0.6 is 0 Å². The van der Waals surface area contributed by atoms with Crippen molar-refractivity contribution in [2.45, 2.75) is 97.3 Å². The van der Waals surface area contributed by atoms with Crippen LogP contribution in [-0.4, -0.2) is 115 Å². The first kappa shape index (κ1) is 51.7. The monoisotopic (exact) mass is 996 g/mol. The van der Waals surface area contributed by atoms with Crippen molar-refractivity contribution in [3.05, 3.63) is 94.6 Å². The molecule has 8 rings (SSSR count). The second-order valence-corrected chi connectivity index (χ2v) is 21.7. The average Bonchev–Trinajstić information content (AvgIpc) is 3.60. The first-order valence-electron chi connectivity index (χ1n) is 24.5. The highest BCUT2D eigenvalue weighted by Crippen LogP contribution is 2.67. The molecule has 0 spiro atoms. The molecule has 2 amide bonds. The van der Waals surface area contributed by atoms with E-state index in [1.54, 1.807) is 50.2 Å². The van der Waals surface area contributed by atoms with Gasteiger partial charge in [-0.2, -0.15) is 4.57 Å². The van der Waals surface area contributed by atoms with Gasteiger partial charge in [0.1, 0.15) is 18.0 Å². The number of Topliss-reactive ketones (excluding diaryl/α,β-unsaturated/α-hetero) is 1. The molecule has 380 valence electrons. The van der Waals surface area contributed by atoms with Gasteiger partial charge in [0.2, 0.25) is 11.0 Å². The van der Waals surface area contributed by atoms with E-state index < -0.39 is 51.4 Å². The summed E-state index contributed by atoms with van der Waals surface area (Å²) in [6.45, 7) is 7.65. The maximum Gasteiger partial charge on any atom is 0.345 e. The summed E-state index contributed by atoms with van der Waals surface area (Å²) in [5, 5.41) is 43.8. The number of allylic oxidation sites excluding steroid dienone is 2. The lowest BCUT2D eigenvalue weighted by molar-refractivity contribution is -0.645. The minimum Gasteiger partial charge on any atom is -0.748 e. The van der Waals surface area contributed by atoms with E-state index >= 15 is 0 Å². The zero-order chi connectivity index (χ0) is 50.9. The van der Waals surface area contributed by atoms with Crippen LogP contribution in [0.2, 0.25) is 0 Å². The Kier molecular flexibility index (Phi) is 15.2. The third kappa shape index (κ3) is 10.2. The Morgan fingerprint density at radius 2 is 1.56 bits per heavy atom. The number of para-hydroxylation sites is 2. The molecule has 1 aromatic heterocycles. The number of esters is 1. The van der Waals surface area contributed by atoms with Gasteiger partial charge in [-0.15, -0.1) is 0 Å². The molecular weight excluding hydrogens is 933 g/mol. The first-order valence-corrected chi connectivity index (χ1v) is 26.0. The smallest absolute Gasteiger partial charge is 0.345 e. The Labute approximate surface area is 413 Å². The summed E-state index contributed by atoms with van der Waals surface area (Å²) >= 11 is 0. The molecular formula is C53H64N4O13S. The van der Waals surface area contributed by atoms with Crippen LogP contribution in [0.25, 0.3) is 21.8 Å². The number of fused-ring (bicyclic) bond motifs is 7. The Morgan fingerprint density at radius 3 is 2.21 bits per heavy atom. The maximum absolute atomic E-state index is 14.1. The molecule has 5 N–H and O–H groups in total. The highest BCUT2D eigenvalue weighted by molar-refractivity contribution is 7.85. The van der Waals surface area contributed by atoms with E-state index in [4.69, 9.17) is 14.3 Å². The molecule has 3 aromatic carbocycles. The van der Waals surface area contributed by atoms with E-state index in [-0.39, 0.29) is 80.9 Å². The Balaban J connectivity index is 0.774. The fourth-order valence-electron chi connectivity index (χ4n) is 12.7. The van der Waals surface area contributed by atoms with E-state index in [1.165, 1.54) is 5.57 Å². The number of amides is 2. The standard InChI is InChI=1S/C53H64N4O13S/c1-32-26-34(27-33(2)48(32)70-50(63)46-38-10-5-7-12-41(38)57(22-9-25-71(65,66)67)42-13-8-6-11-39(42)46)49(62)55-21-24-68-23-20-54-45(61)31-69-56-36-16-18-51(3)35(28-36)14-15-37-40-17-19-53(64,44(60)30-58)52(40,4)29-43(59)47(37)51/h5-8,10-13,26-28,37,40,43,47,58-59,64H,9,14-25,29-31H2,1-4H3,(H2-,54,55,61,62,65,66,67)/b56-36+. The fraction of sp³-hybridized carbons (Fsp3) is 0.509. The molecule has 4 aliphatic carbocycles.